The zero-order valence-electron chi connectivity index (χ0n) is 12.2. The molecule has 0 radical (unpaired) electrons. The van der Waals surface area contributed by atoms with Crippen molar-refractivity contribution in [3.8, 4) is 11.5 Å². The molecule has 1 fully saturated rings. The molecule has 4 nitrogen and oxygen atoms in total. The third-order valence-corrected chi connectivity index (χ3v) is 4.12. The maximum absolute atomic E-state index is 5.87. The fraction of sp³-hybridized carbons (Fsp3) is 0.625. The highest BCUT2D eigenvalue weighted by atomic mass is 16.5. The molecule has 1 aromatic rings. The van der Waals surface area contributed by atoms with Gasteiger partial charge >= 0.3 is 0 Å². The lowest BCUT2D eigenvalue weighted by molar-refractivity contribution is 0.177. The van der Waals surface area contributed by atoms with Crippen molar-refractivity contribution >= 4 is 0 Å². The number of ether oxygens (including phenoxy) is 3. The molecule has 20 heavy (non-hydrogen) atoms. The first-order chi connectivity index (χ1) is 9.78. The van der Waals surface area contributed by atoms with Crippen molar-refractivity contribution in [1.82, 2.24) is 5.32 Å². The molecule has 0 bridgehead atoms. The Morgan fingerprint density at radius 2 is 1.95 bits per heavy atom. The van der Waals surface area contributed by atoms with Gasteiger partial charge in [-0.25, -0.2) is 0 Å². The van der Waals surface area contributed by atoms with Gasteiger partial charge < -0.3 is 19.5 Å². The molecular formula is C16H23NO3. The Hall–Kier alpha value is -1.26. The van der Waals surface area contributed by atoms with Crippen LogP contribution in [-0.4, -0.2) is 33.5 Å². The van der Waals surface area contributed by atoms with E-state index in [4.69, 9.17) is 14.2 Å². The molecule has 3 atom stereocenters. The van der Waals surface area contributed by atoms with E-state index in [1.165, 1.54) is 5.56 Å². The number of rotatable bonds is 3. The van der Waals surface area contributed by atoms with Crippen LogP contribution in [0.15, 0.2) is 18.2 Å². The second kappa shape index (κ2) is 6.02. The molecule has 110 valence electrons. The molecule has 1 N–H and O–H groups in total. The van der Waals surface area contributed by atoms with Gasteiger partial charge in [0.2, 0.25) is 0 Å². The van der Waals surface area contributed by atoms with E-state index in [0.717, 1.165) is 37.7 Å². The first kappa shape index (κ1) is 13.7. The molecule has 3 rings (SSSR count). The molecule has 2 heterocycles. The van der Waals surface area contributed by atoms with Crippen molar-refractivity contribution in [2.24, 2.45) is 11.8 Å². The normalized spacial score (nSPS) is 27.1. The lowest BCUT2D eigenvalue weighted by atomic mass is 9.92. The second-order valence-corrected chi connectivity index (χ2v) is 5.82. The summed E-state index contributed by atoms with van der Waals surface area (Å²) in [4.78, 5) is 0. The summed E-state index contributed by atoms with van der Waals surface area (Å²) in [6.07, 6.45) is 1.11. The van der Waals surface area contributed by atoms with Gasteiger partial charge in [0.25, 0.3) is 0 Å². The number of nitrogens with one attached hydrogen (secondary N) is 1. The van der Waals surface area contributed by atoms with Crippen LogP contribution >= 0.6 is 0 Å². The Labute approximate surface area is 120 Å². The highest BCUT2D eigenvalue weighted by Gasteiger charge is 2.27. The summed E-state index contributed by atoms with van der Waals surface area (Å²) in [5.41, 5.74) is 1.25. The zero-order valence-corrected chi connectivity index (χ0v) is 12.2. The van der Waals surface area contributed by atoms with Gasteiger partial charge in [-0.2, -0.15) is 0 Å². The minimum Gasteiger partial charge on any atom is -0.489 e. The van der Waals surface area contributed by atoms with Crippen molar-refractivity contribution in [3.63, 3.8) is 0 Å². The van der Waals surface area contributed by atoms with Crippen molar-refractivity contribution in [2.75, 3.05) is 33.5 Å². The summed E-state index contributed by atoms with van der Waals surface area (Å²) < 4.78 is 17.2. The number of hydrogen-bond acceptors (Lipinski definition) is 4. The van der Waals surface area contributed by atoms with Gasteiger partial charge in [0, 0.05) is 24.5 Å². The Morgan fingerprint density at radius 3 is 2.65 bits per heavy atom. The number of fused-ring (bicyclic) bond motifs is 1. The van der Waals surface area contributed by atoms with Gasteiger partial charge in [0.1, 0.15) is 0 Å². The molecule has 2 aliphatic heterocycles. The lowest BCUT2D eigenvalue weighted by Crippen LogP contribution is -2.25. The van der Waals surface area contributed by atoms with E-state index in [1.54, 1.807) is 0 Å². The predicted molar refractivity (Wildman–Crippen MR) is 77.3 cm³/mol. The summed E-state index contributed by atoms with van der Waals surface area (Å²) in [6.45, 7) is 5.27. The molecule has 4 heteroatoms. The highest BCUT2D eigenvalue weighted by molar-refractivity contribution is 5.44. The fourth-order valence-corrected chi connectivity index (χ4v) is 2.95. The van der Waals surface area contributed by atoms with Crippen LogP contribution < -0.4 is 14.8 Å². The van der Waals surface area contributed by atoms with Gasteiger partial charge in [0.05, 0.1) is 19.8 Å². The zero-order chi connectivity index (χ0) is 13.9. The average molecular weight is 277 g/mol. The topological polar surface area (TPSA) is 39.7 Å². The Kier molecular flexibility index (Phi) is 4.13. The molecule has 1 aromatic carbocycles. The van der Waals surface area contributed by atoms with E-state index in [1.807, 2.05) is 13.1 Å². The predicted octanol–water partition coefficient (Wildman–Crippen LogP) is 2.39. The van der Waals surface area contributed by atoms with Crippen molar-refractivity contribution in [1.29, 1.82) is 0 Å². The fourth-order valence-electron chi connectivity index (χ4n) is 2.95. The molecule has 0 aromatic heterocycles. The van der Waals surface area contributed by atoms with Crippen LogP contribution in [0.1, 0.15) is 24.9 Å². The Balaban J connectivity index is 1.83. The van der Waals surface area contributed by atoms with Crippen molar-refractivity contribution in [3.05, 3.63) is 23.8 Å². The molecule has 0 saturated carbocycles. The van der Waals surface area contributed by atoms with Gasteiger partial charge in [-0.3, -0.25) is 0 Å². The van der Waals surface area contributed by atoms with Gasteiger partial charge in [-0.1, -0.05) is 13.0 Å². The van der Waals surface area contributed by atoms with Gasteiger partial charge in [0.15, 0.2) is 11.5 Å². The number of hydrogen-bond donors (Lipinski definition) is 1. The molecule has 0 spiro atoms. The van der Waals surface area contributed by atoms with Crippen molar-refractivity contribution < 1.29 is 14.2 Å². The maximum Gasteiger partial charge on any atom is 0.161 e. The summed E-state index contributed by atoms with van der Waals surface area (Å²) in [5.74, 6) is 2.68. The first-order valence-electron chi connectivity index (χ1n) is 7.42. The highest BCUT2D eigenvalue weighted by Crippen LogP contribution is 2.36. The van der Waals surface area contributed by atoms with Gasteiger partial charge in [-0.05, 0) is 31.2 Å². The summed E-state index contributed by atoms with van der Waals surface area (Å²) >= 11 is 0. The van der Waals surface area contributed by atoms with Crippen LogP contribution in [0.2, 0.25) is 0 Å². The van der Waals surface area contributed by atoms with E-state index >= 15 is 0 Å². The van der Waals surface area contributed by atoms with Crippen LogP contribution in [-0.2, 0) is 4.74 Å². The van der Waals surface area contributed by atoms with Crippen LogP contribution in [0, 0.1) is 11.8 Å². The lowest BCUT2D eigenvalue weighted by Gasteiger charge is -2.23. The molecule has 1 saturated heterocycles. The van der Waals surface area contributed by atoms with E-state index in [9.17, 15) is 0 Å². The van der Waals surface area contributed by atoms with E-state index in [-0.39, 0.29) is 0 Å². The third-order valence-electron chi connectivity index (χ3n) is 4.12. The molecule has 0 amide bonds. The van der Waals surface area contributed by atoms with E-state index in [2.05, 4.69) is 24.4 Å². The summed E-state index contributed by atoms with van der Waals surface area (Å²) in [5, 5.41) is 3.42. The van der Waals surface area contributed by atoms with Crippen LogP contribution in [0.3, 0.4) is 0 Å². The van der Waals surface area contributed by atoms with Gasteiger partial charge in [-0.15, -0.1) is 0 Å². The van der Waals surface area contributed by atoms with E-state index < -0.39 is 0 Å². The van der Waals surface area contributed by atoms with Crippen LogP contribution in [0.5, 0.6) is 11.5 Å². The van der Waals surface area contributed by atoms with Crippen molar-refractivity contribution in [2.45, 2.75) is 19.4 Å². The Bertz CT molecular complexity index is 457. The molecule has 0 aliphatic carbocycles. The first-order valence-corrected chi connectivity index (χ1v) is 7.42. The minimum absolute atomic E-state index is 0.312. The Morgan fingerprint density at radius 1 is 1.15 bits per heavy atom. The largest absolute Gasteiger partial charge is 0.489 e. The standard InChI is InChI=1S/C16H23NO3/c1-11-8-19-14-4-3-12(7-15(14)20-9-11)16(17-2)13-5-6-18-10-13/h3-4,7,11,13,16-17H,5-6,8-10H2,1-2H3. The summed E-state index contributed by atoms with van der Waals surface area (Å²) in [7, 11) is 2.01. The maximum atomic E-state index is 5.87. The quantitative estimate of drug-likeness (QED) is 0.921. The number of benzene rings is 1. The monoisotopic (exact) mass is 277 g/mol. The average Bonchev–Trinajstić information content (AvgIpc) is 2.92. The second-order valence-electron chi connectivity index (χ2n) is 5.82. The molecular weight excluding hydrogens is 254 g/mol. The SMILES string of the molecule is CNC(c1ccc2c(c1)OCC(C)CO2)C1CCOC1. The van der Waals surface area contributed by atoms with E-state index in [0.29, 0.717) is 24.5 Å². The smallest absolute Gasteiger partial charge is 0.161 e. The third kappa shape index (κ3) is 2.76. The summed E-state index contributed by atoms with van der Waals surface area (Å²) in [6, 6.07) is 6.60. The van der Waals surface area contributed by atoms with Crippen LogP contribution in [0.4, 0.5) is 0 Å². The molecule has 3 unspecified atom stereocenters. The van der Waals surface area contributed by atoms with Crippen LogP contribution in [0.25, 0.3) is 0 Å². The minimum atomic E-state index is 0.312. The molecule has 2 aliphatic rings.